The lowest BCUT2D eigenvalue weighted by Gasteiger charge is -2.30. The molecular weight excluding hydrogens is 264 g/mol. The van der Waals surface area contributed by atoms with Crippen molar-refractivity contribution in [1.29, 1.82) is 0 Å². The van der Waals surface area contributed by atoms with Crippen molar-refractivity contribution < 1.29 is 4.79 Å². The Kier molecular flexibility index (Phi) is 5.44. The molecule has 1 amide bonds. The Labute approximate surface area is 126 Å². The monoisotopic (exact) mass is 290 g/mol. The van der Waals surface area contributed by atoms with Gasteiger partial charge in [0.15, 0.2) is 0 Å². The fraction of sp³-hybridized carbons (Fsp3) is 0.562. The number of carbonyl (C=O) groups excluding carboxylic acids is 1. The van der Waals surface area contributed by atoms with Crippen LogP contribution in [0.3, 0.4) is 0 Å². The second-order valence-corrected chi connectivity index (χ2v) is 5.82. The van der Waals surface area contributed by atoms with E-state index in [9.17, 15) is 4.79 Å². The zero-order valence-electron chi connectivity index (χ0n) is 13.0. The number of nitrogens with two attached hydrogens (primary N) is 1. The van der Waals surface area contributed by atoms with Gasteiger partial charge in [-0.15, -0.1) is 0 Å². The summed E-state index contributed by atoms with van der Waals surface area (Å²) in [6.45, 7) is 5.70. The molecule has 1 aromatic carbocycles. The molecule has 0 bridgehead atoms. The van der Waals surface area contributed by atoms with Crippen LogP contribution in [-0.4, -0.2) is 44.0 Å². The van der Waals surface area contributed by atoms with E-state index in [0.29, 0.717) is 23.7 Å². The molecule has 1 fully saturated rings. The van der Waals surface area contributed by atoms with Gasteiger partial charge in [0.05, 0.1) is 5.56 Å². The van der Waals surface area contributed by atoms with Crippen LogP contribution < -0.4 is 16.4 Å². The minimum Gasteiger partial charge on any atom is -0.399 e. The summed E-state index contributed by atoms with van der Waals surface area (Å²) >= 11 is 0. The molecule has 1 aliphatic heterocycles. The summed E-state index contributed by atoms with van der Waals surface area (Å²) in [6, 6.07) is 5.40. The number of likely N-dealkylation sites (tertiary alicyclic amines) is 1. The van der Waals surface area contributed by atoms with Gasteiger partial charge in [-0.25, -0.2) is 0 Å². The quantitative estimate of drug-likeness (QED) is 0.723. The number of nitrogens with zero attached hydrogens (tertiary/aromatic N) is 1. The summed E-state index contributed by atoms with van der Waals surface area (Å²) < 4.78 is 0. The molecule has 2 rings (SSSR count). The first-order chi connectivity index (χ1) is 10.1. The molecule has 4 N–H and O–H groups in total. The van der Waals surface area contributed by atoms with Gasteiger partial charge in [0.25, 0.3) is 5.91 Å². The molecule has 1 saturated heterocycles. The van der Waals surface area contributed by atoms with E-state index in [-0.39, 0.29) is 5.91 Å². The van der Waals surface area contributed by atoms with Crippen molar-refractivity contribution in [3.05, 3.63) is 23.8 Å². The van der Waals surface area contributed by atoms with Gasteiger partial charge in [-0.3, -0.25) is 4.79 Å². The number of amides is 1. The number of piperidine rings is 1. The predicted molar refractivity (Wildman–Crippen MR) is 87.6 cm³/mol. The molecule has 1 unspecified atom stereocenters. The highest BCUT2D eigenvalue weighted by Crippen LogP contribution is 2.21. The molecule has 0 aromatic heterocycles. The number of anilines is 2. The second kappa shape index (κ2) is 7.31. The lowest BCUT2D eigenvalue weighted by molar-refractivity contribution is 0.0956. The highest BCUT2D eigenvalue weighted by molar-refractivity contribution is 6.00. The summed E-state index contributed by atoms with van der Waals surface area (Å²) in [6.07, 6.45) is 2.47. The molecule has 0 aliphatic carbocycles. The van der Waals surface area contributed by atoms with Crippen molar-refractivity contribution in [1.82, 2.24) is 10.2 Å². The maximum absolute atomic E-state index is 12.1. The average Bonchev–Trinajstić information content (AvgIpc) is 2.45. The second-order valence-electron chi connectivity index (χ2n) is 5.82. The number of hydrogen-bond acceptors (Lipinski definition) is 4. The molecule has 5 nitrogen and oxygen atoms in total. The van der Waals surface area contributed by atoms with Crippen molar-refractivity contribution in [3.8, 4) is 0 Å². The normalized spacial score (nSPS) is 19.2. The van der Waals surface area contributed by atoms with Crippen molar-refractivity contribution in [2.24, 2.45) is 5.92 Å². The molecule has 0 saturated carbocycles. The highest BCUT2D eigenvalue weighted by atomic mass is 16.1. The first kappa shape index (κ1) is 15.6. The molecule has 1 aromatic rings. The highest BCUT2D eigenvalue weighted by Gasteiger charge is 2.18. The molecule has 1 aliphatic rings. The number of rotatable bonds is 5. The van der Waals surface area contributed by atoms with Crippen molar-refractivity contribution in [2.75, 3.05) is 44.3 Å². The van der Waals surface area contributed by atoms with Gasteiger partial charge in [-0.2, -0.15) is 0 Å². The van der Waals surface area contributed by atoms with Crippen LogP contribution in [0.4, 0.5) is 11.4 Å². The van der Waals surface area contributed by atoms with E-state index in [4.69, 9.17) is 5.73 Å². The topological polar surface area (TPSA) is 70.4 Å². The van der Waals surface area contributed by atoms with E-state index in [1.807, 2.05) is 13.0 Å². The van der Waals surface area contributed by atoms with Gasteiger partial charge in [0.2, 0.25) is 0 Å². The maximum atomic E-state index is 12.1. The predicted octanol–water partition coefficient (Wildman–Crippen LogP) is 1.77. The molecule has 21 heavy (non-hydrogen) atoms. The fourth-order valence-corrected chi connectivity index (χ4v) is 2.86. The number of nitrogen functional groups attached to an aromatic ring is 1. The van der Waals surface area contributed by atoms with Gasteiger partial charge in [-0.1, -0.05) is 0 Å². The van der Waals surface area contributed by atoms with E-state index < -0.39 is 0 Å². The van der Waals surface area contributed by atoms with E-state index in [2.05, 4.69) is 22.6 Å². The third-order valence-corrected chi connectivity index (χ3v) is 3.93. The van der Waals surface area contributed by atoms with Gasteiger partial charge >= 0.3 is 0 Å². The third kappa shape index (κ3) is 4.36. The summed E-state index contributed by atoms with van der Waals surface area (Å²) in [5.41, 5.74) is 8.02. The van der Waals surface area contributed by atoms with Gasteiger partial charge in [-0.05, 0) is 57.5 Å². The van der Waals surface area contributed by atoms with Crippen molar-refractivity contribution in [3.63, 3.8) is 0 Å². The summed E-state index contributed by atoms with van der Waals surface area (Å²) in [4.78, 5) is 14.4. The third-order valence-electron chi connectivity index (χ3n) is 3.93. The number of carbonyl (C=O) groups is 1. The van der Waals surface area contributed by atoms with Crippen molar-refractivity contribution >= 4 is 17.3 Å². The Morgan fingerprint density at radius 1 is 1.48 bits per heavy atom. The lowest BCUT2D eigenvalue weighted by Crippen LogP contribution is -2.35. The van der Waals surface area contributed by atoms with Crippen LogP contribution in [-0.2, 0) is 0 Å². The molecule has 116 valence electrons. The summed E-state index contributed by atoms with van der Waals surface area (Å²) in [7, 11) is 2.16. The van der Waals surface area contributed by atoms with Crippen LogP contribution >= 0.6 is 0 Å². The Balaban J connectivity index is 2.04. The maximum Gasteiger partial charge on any atom is 0.253 e. The Morgan fingerprint density at radius 3 is 3.00 bits per heavy atom. The van der Waals surface area contributed by atoms with E-state index >= 15 is 0 Å². The smallest absolute Gasteiger partial charge is 0.253 e. The lowest BCUT2D eigenvalue weighted by atomic mass is 9.98. The van der Waals surface area contributed by atoms with Gasteiger partial charge in [0, 0.05) is 31.0 Å². The largest absolute Gasteiger partial charge is 0.399 e. The molecular formula is C16H26N4O. The number of hydrogen-bond donors (Lipinski definition) is 3. The Morgan fingerprint density at radius 2 is 2.29 bits per heavy atom. The summed E-state index contributed by atoms with van der Waals surface area (Å²) in [5, 5.41) is 6.25. The Bertz CT molecular complexity index is 489. The summed E-state index contributed by atoms with van der Waals surface area (Å²) in [5.74, 6) is 0.563. The van der Waals surface area contributed by atoms with Crippen LogP contribution in [0.5, 0.6) is 0 Å². The van der Waals surface area contributed by atoms with Crippen LogP contribution in [0.15, 0.2) is 18.2 Å². The molecule has 5 heteroatoms. The van der Waals surface area contributed by atoms with Gasteiger partial charge in [0.1, 0.15) is 0 Å². The minimum absolute atomic E-state index is 0.0548. The average molecular weight is 290 g/mol. The zero-order chi connectivity index (χ0) is 15.2. The SMILES string of the molecule is CCNC(=O)c1ccc(N)cc1NCC1CCCN(C)C1. The van der Waals surface area contributed by atoms with Crippen molar-refractivity contribution in [2.45, 2.75) is 19.8 Å². The molecule has 1 atom stereocenters. The van der Waals surface area contributed by atoms with E-state index in [1.165, 1.54) is 19.4 Å². The van der Waals surface area contributed by atoms with Crippen LogP contribution in [0.25, 0.3) is 0 Å². The van der Waals surface area contributed by atoms with E-state index in [0.717, 1.165) is 18.8 Å². The zero-order valence-corrected chi connectivity index (χ0v) is 13.0. The first-order valence-electron chi connectivity index (χ1n) is 7.70. The van der Waals surface area contributed by atoms with Crippen LogP contribution in [0, 0.1) is 5.92 Å². The molecule has 0 radical (unpaired) electrons. The first-order valence-corrected chi connectivity index (χ1v) is 7.70. The molecule has 0 spiro atoms. The fourth-order valence-electron chi connectivity index (χ4n) is 2.86. The van der Waals surface area contributed by atoms with Crippen LogP contribution in [0.1, 0.15) is 30.1 Å². The standard InChI is InChI=1S/C16H26N4O/c1-3-18-16(21)14-7-6-13(17)9-15(14)19-10-12-5-4-8-20(2)11-12/h6-7,9,12,19H,3-5,8,10-11,17H2,1-2H3,(H,18,21). The number of nitrogens with one attached hydrogen (secondary N) is 2. The van der Waals surface area contributed by atoms with E-state index in [1.54, 1.807) is 12.1 Å². The Hall–Kier alpha value is -1.75. The molecule has 1 heterocycles. The minimum atomic E-state index is -0.0548. The number of benzene rings is 1. The van der Waals surface area contributed by atoms with Gasteiger partial charge < -0.3 is 21.3 Å². The van der Waals surface area contributed by atoms with Crippen LogP contribution in [0.2, 0.25) is 0 Å².